The molecule has 2 nitrogen and oxygen atoms in total. The van der Waals surface area contributed by atoms with E-state index in [0.29, 0.717) is 18.4 Å². The molecule has 0 saturated heterocycles. The average molecular weight is 275 g/mol. The molecule has 1 aromatic carbocycles. The minimum atomic E-state index is -4.29. The van der Waals surface area contributed by atoms with Gasteiger partial charge in [0.25, 0.3) is 0 Å². The van der Waals surface area contributed by atoms with Gasteiger partial charge in [-0.1, -0.05) is 13.8 Å². The first-order chi connectivity index (χ1) is 8.89. The molecule has 0 aromatic heterocycles. The highest BCUT2D eigenvalue weighted by molar-refractivity contribution is 5.28. The molecule has 0 aliphatic carbocycles. The predicted octanol–water partition coefficient (Wildman–Crippen LogP) is 3.86. The average Bonchev–Trinajstić information content (AvgIpc) is 2.32. The van der Waals surface area contributed by atoms with Gasteiger partial charge in [0.1, 0.15) is 5.75 Å². The largest absolute Gasteiger partial charge is 0.494 e. The Morgan fingerprint density at radius 1 is 1.11 bits per heavy atom. The van der Waals surface area contributed by atoms with Gasteiger partial charge in [-0.2, -0.15) is 13.2 Å². The van der Waals surface area contributed by atoms with Gasteiger partial charge in [-0.05, 0) is 43.7 Å². The lowest BCUT2D eigenvalue weighted by Crippen LogP contribution is -2.23. The fourth-order valence-electron chi connectivity index (χ4n) is 1.55. The van der Waals surface area contributed by atoms with E-state index >= 15 is 0 Å². The summed E-state index contributed by atoms with van der Waals surface area (Å²) in [5.74, 6) is 0.477. The van der Waals surface area contributed by atoms with Crippen LogP contribution in [0.3, 0.4) is 0 Å². The van der Waals surface area contributed by atoms with Crippen LogP contribution in [0.25, 0.3) is 0 Å². The molecule has 0 spiro atoms. The van der Waals surface area contributed by atoms with Crippen LogP contribution in [0.4, 0.5) is 13.2 Å². The summed E-state index contributed by atoms with van der Waals surface area (Å²) in [7, 11) is 0. The Kier molecular flexibility index (Phi) is 6.15. The third-order valence-electron chi connectivity index (χ3n) is 2.57. The van der Waals surface area contributed by atoms with E-state index < -0.39 is 11.7 Å². The zero-order valence-corrected chi connectivity index (χ0v) is 11.3. The number of alkyl halides is 3. The van der Waals surface area contributed by atoms with Crippen molar-refractivity contribution < 1.29 is 17.9 Å². The quantitative estimate of drug-likeness (QED) is 0.763. The maximum atomic E-state index is 12.3. The molecule has 19 heavy (non-hydrogen) atoms. The maximum absolute atomic E-state index is 12.3. The van der Waals surface area contributed by atoms with E-state index in [4.69, 9.17) is 4.74 Å². The molecule has 0 unspecified atom stereocenters. The van der Waals surface area contributed by atoms with Crippen molar-refractivity contribution >= 4 is 0 Å². The molecule has 1 rings (SSSR count). The van der Waals surface area contributed by atoms with Gasteiger partial charge in [-0.15, -0.1) is 0 Å². The number of rotatable bonds is 7. The maximum Gasteiger partial charge on any atom is 0.416 e. The highest BCUT2D eigenvalue weighted by Gasteiger charge is 2.29. The van der Waals surface area contributed by atoms with Crippen molar-refractivity contribution in [3.63, 3.8) is 0 Å². The van der Waals surface area contributed by atoms with Gasteiger partial charge >= 0.3 is 6.18 Å². The normalized spacial score (nSPS) is 11.9. The lowest BCUT2D eigenvalue weighted by molar-refractivity contribution is -0.137. The van der Waals surface area contributed by atoms with E-state index in [9.17, 15) is 13.2 Å². The topological polar surface area (TPSA) is 21.3 Å². The molecule has 0 bridgehead atoms. The van der Waals surface area contributed by atoms with Crippen LogP contribution in [0.1, 0.15) is 32.3 Å². The Morgan fingerprint density at radius 3 is 2.26 bits per heavy atom. The number of nitrogens with one attached hydrogen (secondary N) is 1. The van der Waals surface area contributed by atoms with Crippen LogP contribution < -0.4 is 10.1 Å². The number of hydrogen-bond donors (Lipinski definition) is 1. The van der Waals surface area contributed by atoms with Gasteiger partial charge < -0.3 is 10.1 Å². The summed E-state index contributed by atoms with van der Waals surface area (Å²) in [6.07, 6.45) is -2.43. The summed E-state index contributed by atoms with van der Waals surface area (Å²) in [5.41, 5.74) is -0.652. The smallest absolute Gasteiger partial charge is 0.416 e. The monoisotopic (exact) mass is 275 g/mol. The first-order valence-electron chi connectivity index (χ1n) is 6.43. The van der Waals surface area contributed by atoms with E-state index in [1.807, 2.05) is 0 Å². The standard InChI is InChI=1S/C14H20F3NO/c1-11(2)18-9-3-4-10-19-13-7-5-12(6-8-13)14(15,16)17/h5-8,11,18H,3-4,9-10H2,1-2H3. The molecular weight excluding hydrogens is 255 g/mol. The van der Waals surface area contributed by atoms with Crippen molar-refractivity contribution in [2.75, 3.05) is 13.2 Å². The second-order valence-corrected chi connectivity index (χ2v) is 4.69. The van der Waals surface area contributed by atoms with E-state index in [2.05, 4.69) is 19.2 Å². The molecule has 0 saturated carbocycles. The van der Waals surface area contributed by atoms with Crippen LogP contribution >= 0.6 is 0 Å². The van der Waals surface area contributed by atoms with E-state index in [-0.39, 0.29) is 0 Å². The van der Waals surface area contributed by atoms with Crippen LogP contribution in [0.15, 0.2) is 24.3 Å². The molecule has 0 radical (unpaired) electrons. The fourth-order valence-corrected chi connectivity index (χ4v) is 1.55. The van der Waals surface area contributed by atoms with Crippen molar-refractivity contribution in [2.24, 2.45) is 0 Å². The first-order valence-corrected chi connectivity index (χ1v) is 6.43. The summed E-state index contributed by atoms with van der Waals surface area (Å²) in [5, 5.41) is 3.29. The minimum absolute atomic E-state index is 0.468. The molecule has 0 aliphatic rings. The molecule has 108 valence electrons. The number of ether oxygens (including phenoxy) is 1. The number of halogens is 3. The Morgan fingerprint density at radius 2 is 1.74 bits per heavy atom. The summed E-state index contributed by atoms with van der Waals surface area (Å²) < 4.78 is 42.4. The van der Waals surface area contributed by atoms with Crippen molar-refractivity contribution in [3.8, 4) is 5.75 Å². The third kappa shape index (κ3) is 6.47. The summed E-state index contributed by atoms with van der Waals surface area (Å²) in [6.45, 7) is 5.61. The summed E-state index contributed by atoms with van der Waals surface area (Å²) in [6, 6.07) is 5.26. The molecular formula is C14H20F3NO. The molecule has 0 heterocycles. The van der Waals surface area contributed by atoms with Gasteiger partial charge in [-0.25, -0.2) is 0 Å². The second-order valence-electron chi connectivity index (χ2n) is 4.69. The van der Waals surface area contributed by atoms with Crippen LogP contribution in [0.5, 0.6) is 5.75 Å². The SMILES string of the molecule is CC(C)NCCCCOc1ccc(C(F)(F)F)cc1. The Labute approximate surface area is 112 Å². The first kappa shape index (κ1) is 15.8. The Bertz CT molecular complexity index is 360. The Balaban J connectivity index is 2.23. The summed E-state index contributed by atoms with van der Waals surface area (Å²) in [4.78, 5) is 0. The zero-order valence-electron chi connectivity index (χ0n) is 11.3. The van der Waals surface area contributed by atoms with Crippen molar-refractivity contribution in [1.82, 2.24) is 5.32 Å². The fraction of sp³-hybridized carbons (Fsp3) is 0.571. The van der Waals surface area contributed by atoms with Gasteiger partial charge in [0, 0.05) is 6.04 Å². The molecule has 1 N–H and O–H groups in total. The van der Waals surface area contributed by atoms with Crippen molar-refractivity contribution in [2.45, 2.75) is 38.9 Å². The predicted molar refractivity (Wildman–Crippen MR) is 69.3 cm³/mol. The Hall–Kier alpha value is -1.23. The van der Waals surface area contributed by atoms with Gasteiger partial charge in [0.05, 0.1) is 12.2 Å². The molecule has 0 fully saturated rings. The number of benzene rings is 1. The van der Waals surface area contributed by atoms with Crippen LogP contribution in [0.2, 0.25) is 0 Å². The zero-order chi connectivity index (χ0) is 14.3. The van der Waals surface area contributed by atoms with Gasteiger partial charge in [-0.3, -0.25) is 0 Å². The van der Waals surface area contributed by atoms with E-state index in [1.165, 1.54) is 12.1 Å². The number of unbranched alkanes of at least 4 members (excludes halogenated alkanes) is 1. The molecule has 0 amide bonds. The van der Waals surface area contributed by atoms with Crippen LogP contribution in [-0.4, -0.2) is 19.2 Å². The van der Waals surface area contributed by atoms with Gasteiger partial charge in [0.15, 0.2) is 0 Å². The van der Waals surface area contributed by atoms with Crippen LogP contribution in [-0.2, 0) is 6.18 Å². The molecule has 0 aliphatic heterocycles. The highest BCUT2D eigenvalue weighted by Crippen LogP contribution is 2.30. The lowest BCUT2D eigenvalue weighted by atomic mass is 10.2. The third-order valence-corrected chi connectivity index (χ3v) is 2.57. The second kappa shape index (κ2) is 7.38. The minimum Gasteiger partial charge on any atom is -0.494 e. The lowest BCUT2D eigenvalue weighted by Gasteiger charge is -2.10. The molecule has 1 aromatic rings. The van der Waals surface area contributed by atoms with E-state index in [1.54, 1.807) is 0 Å². The van der Waals surface area contributed by atoms with Crippen molar-refractivity contribution in [1.29, 1.82) is 0 Å². The highest BCUT2D eigenvalue weighted by atomic mass is 19.4. The van der Waals surface area contributed by atoms with Gasteiger partial charge in [0.2, 0.25) is 0 Å². The van der Waals surface area contributed by atoms with E-state index in [0.717, 1.165) is 31.5 Å². The van der Waals surface area contributed by atoms with Crippen molar-refractivity contribution in [3.05, 3.63) is 29.8 Å². The summed E-state index contributed by atoms with van der Waals surface area (Å²) >= 11 is 0. The molecule has 0 atom stereocenters. The molecule has 5 heteroatoms. The van der Waals surface area contributed by atoms with Crippen LogP contribution in [0, 0.1) is 0 Å². The number of hydrogen-bond acceptors (Lipinski definition) is 2.